The van der Waals surface area contributed by atoms with Gasteiger partial charge < -0.3 is 24.9 Å². The smallest absolute Gasteiger partial charge is 0.242 e. The Morgan fingerprint density at radius 3 is 2.26 bits per heavy atom. The summed E-state index contributed by atoms with van der Waals surface area (Å²) in [5.74, 6) is -0.00762. The van der Waals surface area contributed by atoms with Crippen LogP contribution in [-0.2, 0) is 25.5 Å². The van der Waals surface area contributed by atoms with Gasteiger partial charge in [0.2, 0.25) is 11.8 Å². The number of nitrogens with zero attached hydrogens (tertiary/aromatic N) is 2. The van der Waals surface area contributed by atoms with E-state index in [0.29, 0.717) is 6.54 Å². The summed E-state index contributed by atoms with van der Waals surface area (Å²) < 4.78 is 5.51. The lowest BCUT2D eigenvalue weighted by molar-refractivity contribution is -0.139. The Labute approximate surface area is 204 Å². The lowest BCUT2D eigenvalue weighted by Crippen LogP contribution is -2.54. The first-order chi connectivity index (χ1) is 16.1. The molecule has 0 bridgehead atoms. The van der Waals surface area contributed by atoms with Crippen LogP contribution in [0.5, 0.6) is 5.75 Å². The molecule has 0 heterocycles. The van der Waals surface area contributed by atoms with E-state index in [0.717, 1.165) is 24.7 Å². The Morgan fingerprint density at radius 2 is 1.76 bits per heavy atom. The summed E-state index contributed by atoms with van der Waals surface area (Å²) in [5.41, 5.74) is 1.07. The van der Waals surface area contributed by atoms with Crippen molar-refractivity contribution in [2.75, 3.05) is 34.3 Å². The predicted octanol–water partition coefficient (Wildman–Crippen LogP) is 2.48. The van der Waals surface area contributed by atoms with Crippen LogP contribution in [-0.4, -0.2) is 85.5 Å². The molecule has 0 aromatic heterocycles. The number of phenolic OH excluding ortho intramolecular Hbond substituents is 1. The molecular weight excluding hydrogens is 434 g/mol. The maximum absolute atomic E-state index is 13.0. The van der Waals surface area contributed by atoms with Gasteiger partial charge in [-0.25, -0.2) is 0 Å². The average molecular weight is 478 g/mol. The second-order valence-corrected chi connectivity index (χ2v) is 9.36. The van der Waals surface area contributed by atoms with Gasteiger partial charge >= 0.3 is 0 Å². The Bertz CT molecular complexity index is 768. The van der Waals surface area contributed by atoms with Gasteiger partial charge in [0.25, 0.3) is 0 Å². The van der Waals surface area contributed by atoms with Crippen molar-refractivity contribution in [1.82, 2.24) is 15.1 Å². The molecule has 192 valence electrons. The van der Waals surface area contributed by atoms with Crippen LogP contribution in [0.15, 0.2) is 24.3 Å². The number of aldehydes is 1. The molecule has 0 radical (unpaired) electrons. The molecule has 0 fully saturated rings. The summed E-state index contributed by atoms with van der Waals surface area (Å²) in [4.78, 5) is 40.7. The van der Waals surface area contributed by atoms with E-state index in [9.17, 15) is 19.5 Å². The molecule has 0 saturated carbocycles. The molecule has 2 amide bonds. The van der Waals surface area contributed by atoms with E-state index in [1.54, 1.807) is 31.2 Å². The molecule has 0 saturated heterocycles. The topological polar surface area (TPSA) is 99.2 Å². The molecule has 4 atom stereocenters. The number of phenols is 1. The van der Waals surface area contributed by atoms with E-state index >= 15 is 0 Å². The Hall–Kier alpha value is -2.45. The molecular formula is C26H43N3O5. The number of methoxy groups -OCH3 is 1. The molecule has 1 aromatic carbocycles. The number of aromatic hydroxyl groups is 1. The number of carbonyl (C=O) groups is 3. The van der Waals surface area contributed by atoms with E-state index < -0.39 is 6.10 Å². The number of nitrogens with one attached hydrogen (secondary N) is 1. The zero-order valence-electron chi connectivity index (χ0n) is 21.8. The number of benzene rings is 1. The number of carbonyl (C=O) groups excluding carboxylic acids is 3. The molecule has 0 aliphatic heterocycles. The number of amides is 2. The van der Waals surface area contributed by atoms with E-state index in [1.807, 2.05) is 51.8 Å². The lowest BCUT2D eigenvalue weighted by Gasteiger charge is -2.37. The van der Waals surface area contributed by atoms with Crippen LogP contribution < -0.4 is 5.32 Å². The largest absolute Gasteiger partial charge is 0.508 e. The highest BCUT2D eigenvalue weighted by Crippen LogP contribution is 2.21. The minimum absolute atomic E-state index is 0.0518. The minimum Gasteiger partial charge on any atom is -0.508 e. The van der Waals surface area contributed by atoms with Crippen LogP contribution in [0.2, 0.25) is 0 Å². The first-order valence-electron chi connectivity index (χ1n) is 12.0. The lowest BCUT2D eigenvalue weighted by atomic mass is 9.91. The van der Waals surface area contributed by atoms with Crippen LogP contribution in [0.4, 0.5) is 0 Å². The Kier molecular flexibility index (Phi) is 12.8. The summed E-state index contributed by atoms with van der Waals surface area (Å²) in [7, 11) is 5.15. The fourth-order valence-electron chi connectivity index (χ4n) is 4.39. The molecule has 3 unspecified atom stereocenters. The highest BCUT2D eigenvalue weighted by molar-refractivity contribution is 5.87. The number of rotatable bonds is 15. The van der Waals surface area contributed by atoms with Crippen molar-refractivity contribution in [3.63, 3.8) is 0 Å². The summed E-state index contributed by atoms with van der Waals surface area (Å²) in [5, 5.41) is 12.3. The predicted molar refractivity (Wildman–Crippen MR) is 134 cm³/mol. The van der Waals surface area contributed by atoms with Crippen molar-refractivity contribution in [2.45, 2.75) is 65.1 Å². The third-order valence-corrected chi connectivity index (χ3v) is 6.56. The van der Waals surface area contributed by atoms with Gasteiger partial charge in [0, 0.05) is 27.1 Å². The first kappa shape index (κ1) is 29.6. The van der Waals surface area contributed by atoms with Gasteiger partial charge in [0.15, 0.2) is 0 Å². The van der Waals surface area contributed by atoms with Gasteiger partial charge in [-0.3, -0.25) is 14.5 Å². The van der Waals surface area contributed by atoms with E-state index in [1.165, 1.54) is 0 Å². The van der Waals surface area contributed by atoms with Crippen LogP contribution in [0.3, 0.4) is 0 Å². The van der Waals surface area contributed by atoms with Crippen molar-refractivity contribution >= 4 is 18.1 Å². The summed E-state index contributed by atoms with van der Waals surface area (Å²) in [6, 6.07) is 6.39. The standard InChI is InChI=1S/C26H43N3O5/c1-8-19(4)25(22(34-7)14-16-30)29(6)23(32)17-27-26(33)24(18(2)3)28(5)15-13-20-9-11-21(31)12-10-20/h9-12,16,18-19,22,24-25,31H,8,13-15,17H2,1-7H3,(H,27,33)/t19?,22-,24?,25?/m1/s1. The fraction of sp³-hybridized carbons (Fsp3) is 0.654. The molecule has 1 rings (SSSR count). The van der Waals surface area contributed by atoms with E-state index in [-0.39, 0.29) is 54.4 Å². The number of ether oxygens (including phenoxy) is 1. The van der Waals surface area contributed by atoms with E-state index in [4.69, 9.17) is 4.74 Å². The zero-order chi connectivity index (χ0) is 25.8. The monoisotopic (exact) mass is 477 g/mol. The SMILES string of the molecule is CCC(C)C([C@@H](CC=O)OC)N(C)C(=O)CNC(=O)C(C(C)C)N(C)CCc1ccc(O)cc1. The summed E-state index contributed by atoms with van der Waals surface area (Å²) in [6.45, 7) is 8.57. The second-order valence-electron chi connectivity index (χ2n) is 9.36. The minimum atomic E-state index is -0.397. The summed E-state index contributed by atoms with van der Waals surface area (Å²) in [6.07, 6.45) is 2.18. The van der Waals surface area contributed by atoms with Crippen molar-refractivity contribution < 1.29 is 24.2 Å². The molecule has 34 heavy (non-hydrogen) atoms. The molecule has 0 spiro atoms. The quantitative estimate of drug-likeness (QED) is 0.377. The van der Waals surface area contributed by atoms with Crippen LogP contribution in [0.25, 0.3) is 0 Å². The Balaban J connectivity index is 2.78. The summed E-state index contributed by atoms with van der Waals surface area (Å²) >= 11 is 0. The highest BCUT2D eigenvalue weighted by Gasteiger charge is 2.33. The molecule has 1 aromatic rings. The molecule has 8 nitrogen and oxygen atoms in total. The van der Waals surface area contributed by atoms with Crippen molar-refractivity contribution in [3.05, 3.63) is 29.8 Å². The maximum Gasteiger partial charge on any atom is 0.242 e. The highest BCUT2D eigenvalue weighted by atomic mass is 16.5. The fourth-order valence-corrected chi connectivity index (χ4v) is 4.39. The van der Waals surface area contributed by atoms with Gasteiger partial charge in [-0.05, 0) is 43.0 Å². The third kappa shape index (κ3) is 8.72. The van der Waals surface area contributed by atoms with Gasteiger partial charge in [-0.2, -0.15) is 0 Å². The number of likely N-dealkylation sites (N-methyl/N-ethyl adjacent to an activating group) is 2. The van der Waals surface area contributed by atoms with Gasteiger partial charge in [-0.15, -0.1) is 0 Å². The van der Waals surface area contributed by atoms with Gasteiger partial charge in [0.1, 0.15) is 12.0 Å². The second kappa shape index (κ2) is 14.7. The molecule has 0 aliphatic rings. The third-order valence-electron chi connectivity index (χ3n) is 6.56. The molecule has 2 N–H and O–H groups in total. The van der Waals surface area contributed by atoms with Crippen LogP contribution in [0.1, 0.15) is 46.1 Å². The molecule has 8 heteroatoms. The maximum atomic E-state index is 13.0. The van der Waals surface area contributed by atoms with E-state index in [2.05, 4.69) is 5.32 Å². The van der Waals surface area contributed by atoms with Crippen molar-refractivity contribution in [2.24, 2.45) is 11.8 Å². The number of hydrogen-bond donors (Lipinski definition) is 2. The van der Waals surface area contributed by atoms with Crippen molar-refractivity contribution in [3.8, 4) is 5.75 Å². The normalized spacial score (nSPS) is 15.0. The van der Waals surface area contributed by atoms with Crippen LogP contribution in [0, 0.1) is 11.8 Å². The number of hydrogen-bond acceptors (Lipinski definition) is 6. The zero-order valence-corrected chi connectivity index (χ0v) is 21.8. The first-order valence-corrected chi connectivity index (χ1v) is 12.0. The van der Waals surface area contributed by atoms with Crippen molar-refractivity contribution in [1.29, 1.82) is 0 Å². The van der Waals surface area contributed by atoms with Gasteiger partial charge in [-0.1, -0.05) is 46.2 Å². The van der Waals surface area contributed by atoms with Gasteiger partial charge in [0.05, 0.1) is 24.7 Å². The average Bonchev–Trinajstić information content (AvgIpc) is 2.81. The Morgan fingerprint density at radius 1 is 1.15 bits per heavy atom. The van der Waals surface area contributed by atoms with Crippen LogP contribution >= 0.6 is 0 Å². The molecule has 0 aliphatic carbocycles.